The van der Waals surface area contributed by atoms with Gasteiger partial charge in [-0.1, -0.05) is 43.8 Å². The van der Waals surface area contributed by atoms with Crippen molar-refractivity contribution in [1.29, 1.82) is 0 Å². The number of aryl methyl sites for hydroxylation is 2. The second-order valence-electron chi connectivity index (χ2n) is 5.75. The van der Waals surface area contributed by atoms with E-state index in [0.29, 0.717) is 5.75 Å². The number of thiophene rings is 1. The molecule has 0 saturated carbocycles. The fourth-order valence-electron chi connectivity index (χ4n) is 2.68. The largest absolute Gasteiger partial charge is 0.304 e. The Kier molecular flexibility index (Phi) is 5.71. The zero-order valence-electron chi connectivity index (χ0n) is 14.7. The van der Waals surface area contributed by atoms with Gasteiger partial charge in [0.05, 0.1) is 10.6 Å². The highest BCUT2D eigenvalue weighted by molar-refractivity contribution is 7.99. The van der Waals surface area contributed by atoms with Crippen molar-refractivity contribution in [3.63, 3.8) is 0 Å². The second kappa shape index (κ2) is 7.97. The van der Waals surface area contributed by atoms with Gasteiger partial charge in [0.15, 0.2) is 16.8 Å². The number of rotatable bonds is 7. The minimum atomic E-state index is 0.151. The number of aromatic nitrogens is 3. The second-order valence-corrected chi connectivity index (χ2v) is 7.64. The van der Waals surface area contributed by atoms with Gasteiger partial charge in [-0.2, -0.15) is 0 Å². The molecule has 2 heterocycles. The molecule has 0 atom stereocenters. The highest BCUT2D eigenvalue weighted by atomic mass is 32.2. The van der Waals surface area contributed by atoms with Crippen LogP contribution in [-0.2, 0) is 19.9 Å². The van der Waals surface area contributed by atoms with E-state index < -0.39 is 0 Å². The summed E-state index contributed by atoms with van der Waals surface area (Å²) in [5.41, 5.74) is 3.15. The predicted octanol–water partition coefficient (Wildman–Crippen LogP) is 4.64. The van der Waals surface area contributed by atoms with Crippen molar-refractivity contribution in [3.8, 4) is 10.7 Å². The van der Waals surface area contributed by atoms with Crippen molar-refractivity contribution in [2.24, 2.45) is 7.05 Å². The Morgan fingerprint density at radius 2 is 2.04 bits per heavy atom. The van der Waals surface area contributed by atoms with E-state index in [1.165, 1.54) is 17.3 Å². The van der Waals surface area contributed by atoms with Gasteiger partial charge < -0.3 is 4.57 Å². The molecule has 2 aromatic heterocycles. The van der Waals surface area contributed by atoms with Crippen LogP contribution in [0.2, 0.25) is 0 Å². The number of thioether (sulfide) groups is 1. The van der Waals surface area contributed by atoms with Crippen LogP contribution in [0.3, 0.4) is 0 Å². The maximum Gasteiger partial charge on any atom is 0.191 e. The lowest BCUT2D eigenvalue weighted by Gasteiger charge is -2.09. The molecule has 4 nitrogen and oxygen atoms in total. The van der Waals surface area contributed by atoms with Crippen LogP contribution < -0.4 is 0 Å². The lowest BCUT2D eigenvalue weighted by Crippen LogP contribution is -2.08. The van der Waals surface area contributed by atoms with Crippen LogP contribution in [-0.4, -0.2) is 26.3 Å². The molecule has 25 heavy (non-hydrogen) atoms. The number of hydrogen-bond donors (Lipinski definition) is 0. The number of nitrogens with zero attached hydrogens (tertiary/aromatic N) is 3. The Bertz CT molecular complexity index is 869. The topological polar surface area (TPSA) is 47.8 Å². The Morgan fingerprint density at radius 1 is 1.20 bits per heavy atom. The fourth-order valence-corrected chi connectivity index (χ4v) is 4.22. The summed E-state index contributed by atoms with van der Waals surface area (Å²) >= 11 is 3.08. The van der Waals surface area contributed by atoms with Crippen LogP contribution in [0.15, 0.2) is 40.9 Å². The molecule has 0 amide bonds. The zero-order chi connectivity index (χ0) is 17.8. The normalized spacial score (nSPS) is 11.0. The van der Waals surface area contributed by atoms with Crippen molar-refractivity contribution < 1.29 is 4.79 Å². The van der Waals surface area contributed by atoms with Gasteiger partial charge in [0.2, 0.25) is 0 Å². The van der Waals surface area contributed by atoms with Crippen LogP contribution in [0.5, 0.6) is 0 Å². The highest BCUT2D eigenvalue weighted by Gasteiger charge is 2.16. The van der Waals surface area contributed by atoms with Gasteiger partial charge in [0.25, 0.3) is 0 Å². The molecule has 0 bridgehead atoms. The van der Waals surface area contributed by atoms with Crippen LogP contribution in [0.4, 0.5) is 0 Å². The average Bonchev–Trinajstić information content (AvgIpc) is 3.28. The zero-order valence-corrected chi connectivity index (χ0v) is 16.3. The van der Waals surface area contributed by atoms with E-state index in [9.17, 15) is 4.79 Å². The summed E-state index contributed by atoms with van der Waals surface area (Å²) in [6.07, 6.45) is 1.80. The number of carbonyl (C=O) groups is 1. The molecular formula is C19H21N3OS2. The van der Waals surface area contributed by atoms with Gasteiger partial charge in [-0.05, 0) is 41.5 Å². The number of Topliss-reactive ketones (excluding diaryl/α,β-unsaturated/α-hetero) is 1. The smallest absolute Gasteiger partial charge is 0.191 e. The van der Waals surface area contributed by atoms with Crippen LogP contribution >= 0.6 is 23.1 Å². The molecular weight excluding hydrogens is 350 g/mol. The lowest BCUT2D eigenvalue weighted by molar-refractivity contribution is 0.102. The fraction of sp³-hybridized carbons (Fsp3) is 0.316. The molecule has 130 valence electrons. The molecule has 3 rings (SSSR count). The van der Waals surface area contributed by atoms with Crippen molar-refractivity contribution in [2.45, 2.75) is 31.8 Å². The molecule has 0 saturated heterocycles. The minimum Gasteiger partial charge on any atom is -0.304 e. The Balaban J connectivity index is 1.75. The molecule has 0 unspecified atom stereocenters. The summed E-state index contributed by atoms with van der Waals surface area (Å²) in [4.78, 5) is 13.8. The molecule has 0 spiro atoms. The molecule has 0 aliphatic heterocycles. The number of carbonyl (C=O) groups excluding carboxylic acids is 1. The lowest BCUT2D eigenvalue weighted by atomic mass is 9.98. The number of benzene rings is 1. The molecule has 0 N–H and O–H groups in total. The van der Waals surface area contributed by atoms with Gasteiger partial charge in [-0.25, -0.2) is 0 Å². The summed E-state index contributed by atoms with van der Waals surface area (Å²) in [6, 6.07) is 10.2. The summed E-state index contributed by atoms with van der Waals surface area (Å²) in [5.74, 6) is 1.36. The Hall–Kier alpha value is -1.92. The third-order valence-electron chi connectivity index (χ3n) is 4.17. The van der Waals surface area contributed by atoms with Gasteiger partial charge in [-0.3, -0.25) is 4.79 Å². The van der Waals surface area contributed by atoms with Crippen molar-refractivity contribution >= 4 is 28.9 Å². The first-order valence-corrected chi connectivity index (χ1v) is 10.2. The molecule has 3 aromatic rings. The molecule has 0 fully saturated rings. The summed E-state index contributed by atoms with van der Waals surface area (Å²) < 4.78 is 1.95. The van der Waals surface area contributed by atoms with Crippen LogP contribution in [0.25, 0.3) is 10.7 Å². The average molecular weight is 372 g/mol. The first-order valence-electron chi connectivity index (χ1n) is 8.35. The van der Waals surface area contributed by atoms with E-state index in [1.54, 1.807) is 11.3 Å². The van der Waals surface area contributed by atoms with Gasteiger partial charge in [0.1, 0.15) is 0 Å². The molecule has 0 aliphatic rings. The quantitative estimate of drug-likeness (QED) is 0.448. The Morgan fingerprint density at radius 3 is 2.72 bits per heavy atom. The van der Waals surface area contributed by atoms with Gasteiger partial charge >= 0.3 is 0 Å². The molecule has 6 heteroatoms. The van der Waals surface area contributed by atoms with Gasteiger partial charge in [0, 0.05) is 12.6 Å². The van der Waals surface area contributed by atoms with E-state index in [2.05, 4.69) is 36.2 Å². The van der Waals surface area contributed by atoms with Gasteiger partial charge in [-0.15, -0.1) is 21.5 Å². The summed E-state index contributed by atoms with van der Waals surface area (Å²) in [5, 5.41) is 11.3. The third kappa shape index (κ3) is 3.85. The monoisotopic (exact) mass is 371 g/mol. The first-order chi connectivity index (χ1) is 12.1. The first kappa shape index (κ1) is 17.9. The highest BCUT2D eigenvalue weighted by Crippen LogP contribution is 2.26. The maximum absolute atomic E-state index is 12.7. The minimum absolute atomic E-state index is 0.151. The predicted molar refractivity (Wildman–Crippen MR) is 105 cm³/mol. The van der Waals surface area contributed by atoms with Crippen molar-refractivity contribution in [1.82, 2.24) is 14.8 Å². The maximum atomic E-state index is 12.7. The summed E-state index contributed by atoms with van der Waals surface area (Å²) in [7, 11) is 1.94. The number of hydrogen-bond acceptors (Lipinski definition) is 5. The standard InChI is InChI=1S/C19H21N3OS2/c1-4-13-8-9-14(5-2)15(11-13)16(23)12-25-19-21-20-18(22(19)3)17-7-6-10-24-17/h6-11H,4-5,12H2,1-3H3. The van der Waals surface area contributed by atoms with E-state index in [0.717, 1.165) is 39.8 Å². The molecule has 1 aromatic carbocycles. The molecule has 0 aliphatic carbocycles. The number of ketones is 1. The van der Waals surface area contributed by atoms with Crippen molar-refractivity contribution in [2.75, 3.05) is 5.75 Å². The SMILES string of the molecule is CCc1ccc(CC)c(C(=O)CSc2nnc(-c3cccs3)n2C)c1. The van der Waals surface area contributed by atoms with E-state index in [4.69, 9.17) is 0 Å². The van der Waals surface area contributed by atoms with Crippen LogP contribution in [0, 0.1) is 0 Å². The van der Waals surface area contributed by atoms with E-state index >= 15 is 0 Å². The van der Waals surface area contributed by atoms with Crippen LogP contribution in [0.1, 0.15) is 35.3 Å². The molecule has 0 radical (unpaired) electrons. The van der Waals surface area contributed by atoms with E-state index in [-0.39, 0.29) is 5.78 Å². The third-order valence-corrected chi connectivity index (χ3v) is 6.06. The Labute approximate surface area is 156 Å². The summed E-state index contributed by atoms with van der Waals surface area (Å²) in [6.45, 7) is 4.19. The van der Waals surface area contributed by atoms with Crippen molar-refractivity contribution in [3.05, 3.63) is 52.4 Å². The van der Waals surface area contributed by atoms with E-state index in [1.807, 2.05) is 35.2 Å².